The van der Waals surface area contributed by atoms with Gasteiger partial charge in [-0.05, 0) is 24.3 Å². The van der Waals surface area contributed by atoms with Gasteiger partial charge >= 0.3 is 5.63 Å². The molecule has 19 heavy (non-hydrogen) atoms. The van der Waals surface area contributed by atoms with Crippen LogP contribution in [-0.4, -0.2) is 11.9 Å². The zero-order valence-electron chi connectivity index (χ0n) is 9.67. The Balaban J connectivity index is 2.26. The lowest BCUT2D eigenvalue weighted by Crippen LogP contribution is -2.01. The van der Waals surface area contributed by atoms with Crippen molar-refractivity contribution in [3.8, 4) is 17.2 Å². The molecule has 0 radical (unpaired) electrons. The molecule has 1 aliphatic heterocycles. The van der Waals surface area contributed by atoms with Gasteiger partial charge in [0.15, 0.2) is 11.5 Å². The van der Waals surface area contributed by atoms with Crippen LogP contribution in [-0.2, 0) is 0 Å². The van der Waals surface area contributed by atoms with E-state index in [1.54, 1.807) is 24.3 Å². The first-order valence-electron chi connectivity index (χ1n) is 5.72. The van der Waals surface area contributed by atoms with Crippen LogP contribution in [0.5, 0.6) is 17.2 Å². The predicted molar refractivity (Wildman–Crippen MR) is 67.8 cm³/mol. The number of fused-ring (bicyclic) bond motifs is 5. The predicted octanol–water partition coefficient (Wildman–Crippen LogP) is 2.38. The van der Waals surface area contributed by atoms with E-state index < -0.39 is 5.63 Å². The van der Waals surface area contributed by atoms with Gasteiger partial charge in [0.1, 0.15) is 16.7 Å². The Labute approximate surface area is 106 Å². The Hall–Kier alpha value is -2.69. The molecule has 0 bridgehead atoms. The van der Waals surface area contributed by atoms with E-state index in [-0.39, 0.29) is 12.5 Å². The summed E-state index contributed by atoms with van der Waals surface area (Å²) in [6.07, 6.45) is 0. The maximum absolute atomic E-state index is 12.1. The molecule has 1 aromatic heterocycles. The van der Waals surface area contributed by atoms with Crippen molar-refractivity contribution in [1.82, 2.24) is 0 Å². The summed E-state index contributed by atoms with van der Waals surface area (Å²) in [6, 6.07) is 8.22. The second kappa shape index (κ2) is 3.41. The van der Waals surface area contributed by atoms with E-state index in [9.17, 15) is 9.90 Å². The summed E-state index contributed by atoms with van der Waals surface area (Å²) in [4.78, 5) is 12.1. The summed E-state index contributed by atoms with van der Waals surface area (Å²) in [5, 5.41) is 11.3. The standard InChI is InChI=1S/C14H8O5/c15-7-1-2-8-9-3-4-10-13(18-6-17-10)12(9)14(16)19-11(8)5-7/h1-5,15H,6H2. The second-order valence-electron chi connectivity index (χ2n) is 4.29. The van der Waals surface area contributed by atoms with Gasteiger partial charge in [-0.2, -0.15) is 0 Å². The summed E-state index contributed by atoms with van der Waals surface area (Å²) < 4.78 is 15.8. The Morgan fingerprint density at radius 1 is 1.05 bits per heavy atom. The minimum Gasteiger partial charge on any atom is -0.508 e. The monoisotopic (exact) mass is 256 g/mol. The number of benzene rings is 2. The first kappa shape index (κ1) is 10.3. The number of ether oxygens (including phenoxy) is 2. The molecule has 2 heterocycles. The molecule has 0 spiro atoms. The highest BCUT2D eigenvalue weighted by molar-refractivity contribution is 6.07. The summed E-state index contributed by atoms with van der Waals surface area (Å²) >= 11 is 0. The molecule has 94 valence electrons. The van der Waals surface area contributed by atoms with Crippen LogP contribution in [0.1, 0.15) is 0 Å². The summed E-state index contributed by atoms with van der Waals surface area (Å²) in [7, 11) is 0. The largest absolute Gasteiger partial charge is 0.508 e. The van der Waals surface area contributed by atoms with Crippen molar-refractivity contribution >= 4 is 21.7 Å². The van der Waals surface area contributed by atoms with Crippen LogP contribution in [0, 0.1) is 0 Å². The fourth-order valence-corrected chi connectivity index (χ4v) is 2.37. The highest BCUT2D eigenvalue weighted by Gasteiger charge is 2.21. The molecule has 2 aromatic carbocycles. The second-order valence-corrected chi connectivity index (χ2v) is 4.29. The summed E-state index contributed by atoms with van der Waals surface area (Å²) in [6.45, 7) is 0.0987. The SMILES string of the molecule is O=c1oc2cc(O)ccc2c2ccc3c(c12)OCO3. The third-order valence-corrected chi connectivity index (χ3v) is 3.20. The van der Waals surface area contributed by atoms with E-state index in [4.69, 9.17) is 13.9 Å². The highest BCUT2D eigenvalue weighted by atomic mass is 16.7. The first-order valence-corrected chi connectivity index (χ1v) is 5.72. The van der Waals surface area contributed by atoms with Gasteiger partial charge in [-0.3, -0.25) is 0 Å². The lowest BCUT2D eigenvalue weighted by molar-refractivity contribution is 0.174. The zero-order valence-corrected chi connectivity index (χ0v) is 9.67. The molecule has 5 nitrogen and oxygen atoms in total. The van der Waals surface area contributed by atoms with Gasteiger partial charge in [-0.15, -0.1) is 0 Å². The van der Waals surface area contributed by atoms with E-state index in [2.05, 4.69) is 0 Å². The van der Waals surface area contributed by atoms with Crippen LogP contribution < -0.4 is 15.1 Å². The van der Waals surface area contributed by atoms with Gasteiger partial charge in [-0.25, -0.2) is 4.79 Å². The molecule has 3 aromatic rings. The normalized spacial score (nSPS) is 13.3. The van der Waals surface area contributed by atoms with Crippen molar-refractivity contribution < 1.29 is 19.0 Å². The summed E-state index contributed by atoms with van der Waals surface area (Å²) in [5.74, 6) is 1.01. The Bertz CT molecular complexity index is 878. The van der Waals surface area contributed by atoms with E-state index in [1.165, 1.54) is 6.07 Å². The van der Waals surface area contributed by atoms with Crippen LogP contribution in [0.15, 0.2) is 39.5 Å². The van der Waals surface area contributed by atoms with Gasteiger partial charge in [0, 0.05) is 16.8 Å². The third kappa shape index (κ3) is 1.32. The third-order valence-electron chi connectivity index (χ3n) is 3.20. The van der Waals surface area contributed by atoms with Crippen LogP contribution in [0.3, 0.4) is 0 Å². The van der Waals surface area contributed by atoms with E-state index in [1.807, 2.05) is 0 Å². The fourth-order valence-electron chi connectivity index (χ4n) is 2.37. The number of phenols is 1. The first-order chi connectivity index (χ1) is 9.24. The lowest BCUT2D eigenvalue weighted by Gasteiger charge is -2.05. The summed E-state index contributed by atoms with van der Waals surface area (Å²) in [5.41, 5.74) is -0.160. The van der Waals surface area contributed by atoms with Crippen LogP contribution in [0.4, 0.5) is 0 Å². The van der Waals surface area contributed by atoms with Crippen LogP contribution in [0.25, 0.3) is 21.7 Å². The Kier molecular flexibility index (Phi) is 1.84. The van der Waals surface area contributed by atoms with Gasteiger partial charge in [-0.1, -0.05) is 0 Å². The van der Waals surface area contributed by atoms with Crippen molar-refractivity contribution in [3.63, 3.8) is 0 Å². The topological polar surface area (TPSA) is 68.9 Å². The zero-order chi connectivity index (χ0) is 13.0. The van der Waals surface area contributed by atoms with E-state index >= 15 is 0 Å². The molecule has 0 aliphatic carbocycles. The molecule has 0 fully saturated rings. The lowest BCUT2D eigenvalue weighted by atomic mass is 10.1. The maximum atomic E-state index is 12.1. The minimum absolute atomic E-state index is 0.0516. The minimum atomic E-state index is -0.504. The molecule has 0 atom stereocenters. The van der Waals surface area contributed by atoms with Gasteiger partial charge in [0.05, 0.1) is 0 Å². The number of aromatic hydroxyl groups is 1. The van der Waals surface area contributed by atoms with Crippen molar-refractivity contribution in [2.75, 3.05) is 6.79 Å². The number of hydrogen-bond donors (Lipinski definition) is 1. The molecule has 0 saturated heterocycles. The van der Waals surface area contributed by atoms with E-state index in [0.717, 1.165) is 10.8 Å². The average Bonchev–Trinajstić information content (AvgIpc) is 2.86. The molecule has 0 unspecified atom stereocenters. The number of rotatable bonds is 0. The van der Waals surface area contributed by atoms with E-state index in [0.29, 0.717) is 22.5 Å². The van der Waals surface area contributed by atoms with Gasteiger partial charge < -0.3 is 19.0 Å². The molecular weight excluding hydrogens is 248 g/mol. The fraction of sp³-hybridized carbons (Fsp3) is 0.0714. The number of hydrogen-bond acceptors (Lipinski definition) is 5. The maximum Gasteiger partial charge on any atom is 0.348 e. The smallest absolute Gasteiger partial charge is 0.348 e. The molecule has 1 N–H and O–H groups in total. The van der Waals surface area contributed by atoms with Crippen molar-refractivity contribution in [2.45, 2.75) is 0 Å². The van der Waals surface area contributed by atoms with Crippen molar-refractivity contribution in [2.24, 2.45) is 0 Å². The Morgan fingerprint density at radius 2 is 1.89 bits per heavy atom. The average molecular weight is 256 g/mol. The van der Waals surface area contributed by atoms with Gasteiger partial charge in [0.2, 0.25) is 6.79 Å². The number of phenolic OH excluding ortho intramolecular Hbond substituents is 1. The molecular formula is C14H8O5. The van der Waals surface area contributed by atoms with Crippen molar-refractivity contribution in [3.05, 3.63) is 40.8 Å². The van der Waals surface area contributed by atoms with Gasteiger partial charge in [0.25, 0.3) is 0 Å². The highest BCUT2D eigenvalue weighted by Crippen LogP contribution is 2.39. The van der Waals surface area contributed by atoms with Crippen LogP contribution in [0.2, 0.25) is 0 Å². The molecule has 5 heteroatoms. The molecule has 4 rings (SSSR count). The van der Waals surface area contributed by atoms with Crippen molar-refractivity contribution in [1.29, 1.82) is 0 Å². The Morgan fingerprint density at radius 3 is 2.79 bits per heavy atom. The molecule has 0 amide bonds. The molecule has 0 saturated carbocycles. The van der Waals surface area contributed by atoms with Crippen LogP contribution >= 0.6 is 0 Å². The quantitative estimate of drug-likeness (QED) is 0.494. The molecule has 1 aliphatic rings.